The summed E-state index contributed by atoms with van der Waals surface area (Å²) in [5.74, 6) is 1.41. The van der Waals surface area contributed by atoms with Crippen LogP contribution in [0.5, 0.6) is 11.5 Å². The molecule has 0 aromatic heterocycles. The van der Waals surface area contributed by atoms with Crippen molar-refractivity contribution in [3.05, 3.63) is 59.7 Å². The third-order valence-electron chi connectivity index (χ3n) is 6.36. The van der Waals surface area contributed by atoms with E-state index < -0.39 is 11.9 Å². The molecule has 29 heavy (non-hydrogen) atoms. The van der Waals surface area contributed by atoms with Gasteiger partial charge in [0, 0.05) is 33.5 Å². The van der Waals surface area contributed by atoms with Gasteiger partial charge in [-0.1, -0.05) is 45.2 Å². The number of aryl methyl sites for hydroxylation is 1. The van der Waals surface area contributed by atoms with Gasteiger partial charge in [0.15, 0.2) is 0 Å². The number of carbonyl (C=O) groups is 2. The zero-order valence-corrected chi connectivity index (χ0v) is 17.2. The Morgan fingerprint density at radius 1 is 1.17 bits per heavy atom. The normalized spacial score (nSPS) is 21.7. The molecule has 0 N–H and O–H groups in total. The lowest BCUT2D eigenvalue weighted by atomic mass is 9.81. The Morgan fingerprint density at radius 2 is 1.93 bits per heavy atom. The minimum Gasteiger partial charge on any atom is -0.422 e. The fourth-order valence-corrected chi connectivity index (χ4v) is 5.07. The molecule has 2 aromatic carbocycles. The van der Waals surface area contributed by atoms with Crippen molar-refractivity contribution in [2.45, 2.75) is 51.9 Å². The van der Waals surface area contributed by atoms with Crippen LogP contribution in [0.25, 0.3) is 10.8 Å². The molecule has 3 atom stereocenters. The molecular formula is C25H26O4. The summed E-state index contributed by atoms with van der Waals surface area (Å²) in [5.41, 5.74) is 3.47. The van der Waals surface area contributed by atoms with E-state index in [-0.39, 0.29) is 0 Å². The molecule has 4 nitrogen and oxygen atoms in total. The van der Waals surface area contributed by atoms with Crippen molar-refractivity contribution in [2.24, 2.45) is 5.92 Å². The van der Waals surface area contributed by atoms with Crippen molar-refractivity contribution >= 4 is 22.7 Å². The molecule has 1 fully saturated rings. The maximum absolute atomic E-state index is 12.5. The number of carbonyl (C=O) groups excluding carboxylic acids is 2. The van der Waals surface area contributed by atoms with E-state index in [2.05, 4.69) is 27.0 Å². The van der Waals surface area contributed by atoms with E-state index in [0.29, 0.717) is 34.8 Å². The van der Waals surface area contributed by atoms with Gasteiger partial charge in [0.25, 0.3) is 0 Å². The fraction of sp³-hybridized carbons (Fsp3) is 0.360. The van der Waals surface area contributed by atoms with Crippen LogP contribution < -0.4 is 9.47 Å². The van der Waals surface area contributed by atoms with Crippen molar-refractivity contribution in [2.75, 3.05) is 0 Å². The van der Waals surface area contributed by atoms with Gasteiger partial charge in [-0.15, -0.1) is 0 Å². The molecule has 2 aliphatic carbocycles. The number of hydrogen-bond donors (Lipinski definition) is 0. The van der Waals surface area contributed by atoms with Gasteiger partial charge in [-0.3, -0.25) is 0 Å². The predicted molar refractivity (Wildman–Crippen MR) is 113 cm³/mol. The van der Waals surface area contributed by atoms with Crippen LogP contribution in [0.2, 0.25) is 0 Å². The van der Waals surface area contributed by atoms with Crippen molar-refractivity contribution in [1.29, 1.82) is 0 Å². The minimum absolute atomic E-state index is 0.291. The number of fused-ring (bicyclic) bond motifs is 6. The highest BCUT2D eigenvalue weighted by Gasteiger charge is 2.47. The van der Waals surface area contributed by atoms with Crippen LogP contribution in [-0.4, -0.2) is 11.9 Å². The second kappa shape index (κ2) is 7.18. The van der Waals surface area contributed by atoms with Gasteiger partial charge in [0.1, 0.15) is 11.5 Å². The molecule has 2 aromatic rings. The largest absolute Gasteiger partial charge is 0.422 e. The fourth-order valence-electron chi connectivity index (χ4n) is 5.07. The lowest BCUT2D eigenvalue weighted by Crippen LogP contribution is -2.16. The molecule has 0 amide bonds. The van der Waals surface area contributed by atoms with Gasteiger partial charge < -0.3 is 9.47 Å². The van der Waals surface area contributed by atoms with Gasteiger partial charge in [-0.25, -0.2) is 9.59 Å². The second-order valence-electron chi connectivity index (χ2n) is 8.23. The van der Waals surface area contributed by atoms with Crippen molar-refractivity contribution in [3.8, 4) is 11.5 Å². The van der Waals surface area contributed by atoms with Crippen molar-refractivity contribution < 1.29 is 19.1 Å². The monoisotopic (exact) mass is 390 g/mol. The first-order valence-corrected chi connectivity index (χ1v) is 10.2. The topological polar surface area (TPSA) is 52.6 Å². The highest BCUT2D eigenvalue weighted by atomic mass is 16.5. The molecule has 0 spiro atoms. The van der Waals surface area contributed by atoms with E-state index in [4.69, 9.17) is 9.47 Å². The summed E-state index contributed by atoms with van der Waals surface area (Å²) in [6.45, 7) is 13.2. The van der Waals surface area contributed by atoms with E-state index in [0.717, 1.165) is 46.7 Å². The summed E-state index contributed by atoms with van der Waals surface area (Å²) in [6.07, 6.45) is 4.00. The number of ether oxygens (including phenoxy) is 2. The van der Waals surface area contributed by atoms with Crippen LogP contribution in [0.3, 0.4) is 0 Å². The van der Waals surface area contributed by atoms with Gasteiger partial charge in [0.05, 0.1) is 0 Å². The maximum Gasteiger partial charge on any atom is 0.338 e. The van der Waals surface area contributed by atoms with Crippen LogP contribution in [0.4, 0.5) is 0 Å². The van der Waals surface area contributed by atoms with Crippen molar-refractivity contribution in [3.63, 3.8) is 0 Å². The van der Waals surface area contributed by atoms with Gasteiger partial charge in [-0.2, -0.15) is 0 Å². The summed E-state index contributed by atoms with van der Waals surface area (Å²) >= 11 is 0. The van der Waals surface area contributed by atoms with Crippen LogP contribution >= 0.6 is 0 Å². The quantitative estimate of drug-likeness (QED) is 0.380. The van der Waals surface area contributed by atoms with Crippen LogP contribution in [0.15, 0.2) is 43.0 Å². The van der Waals surface area contributed by atoms with E-state index in [1.165, 1.54) is 6.08 Å². The SMILES string of the molecule is C=CC(=O)Oc1c2c(c(OC(=O)C(=C)C)c3cccc(CC)c13)C1CC(C)C2C1. The van der Waals surface area contributed by atoms with E-state index in [9.17, 15) is 9.59 Å². The number of hydrogen-bond acceptors (Lipinski definition) is 4. The van der Waals surface area contributed by atoms with Crippen molar-refractivity contribution in [1.82, 2.24) is 0 Å². The summed E-state index contributed by atoms with van der Waals surface area (Å²) in [4.78, 5) is 24.7. The Kier molecular flexibility index (Phi) is 4.81. The predicted octanol–water partition coefficient (Wildman–Crippen LogP) is 5.59. The molecule has 150 valence electrons. The van der Waals surface area contributed by atoms with Crippen LogP contribution in [-0.2, 0) is 16.0 Å². The molecule has 0 radical (unpaired) electrons. The Balaban J connectivity index is 2.09. The lowest BCUT2D eigenvalue weighted by Gasteiger charge is -2.27. The first-order chi connectivity index (χ1) is 13.9. The van der Waals surface area contributed by atoms with E-state index >= 15 is 0 Å². The Morgan fingerprint density at radius 3 is 2.59 bits per heavy atom. The molecule has 4 heteroatoms. The molecular weight excluding hydrogens is 364 g/mol. The Hall–Kier alpha value is -2.88. The van der Waals surface area contributed by atoms with Gasteiger partial charge >= 0.3 is 11.9 Å². The summed E-state index contributed by atoms with van der Waals surface area (Å²) in [6, 6.07) is 5.93. The number of rotatable bonds is 5. The van der Waals surface area contributed by atoms with Gasteiger partial charge in [0.2, 0.25) is 0 Å². The zero-order valence-electron chi connectivity index (χ0n) is 17.2. The molecule has 4 rings (SSSR count). The molecule has 1 saturated carbocycles. The molecule has 3 unspecified atom stereocenters. The Labute approximate surface area is 171 Å². The highest BCUT2D eigenvalue weighted by Crippen LogP contribution is 2.63. The standard InChI is InChI=1S/C25H26O4/c1-6-15-9-8-10-17-20(15)24(28-19(26)7-2)22-18-12-16(11-14(18)5)21(22)23(17)29-25(27)13(3)4/h7-10,14,16,18H,2-3,6,11-12H2,1,4-5H3. The number of benzene rings is 2. The molecule has 0 heterocycles. The minimum atomic E-state index is -0.471. The van der Waals surface area contributed by atoms with Crippen LogP contribution in [0, 0.1) is 5.92 Å². The average Bonchev–Trinajstić information content (AvgIpc) is 3.26. The highest BCUT2D eigenvalue weighted by molar-refractivity contribution is 6.03. The molecule has 0 saturated heterocycles. The maximum atomic E-state index is 12.5. The van der Waals surface area contributed by atoms with Gasteiger partial charge in [-0.05, 0) is 49.5 Å². The van der Waals surface area contributed by atoms with E-state index in [1.807, 2.05) is 18.2 Å². The average molecular weight is 390 g/mol. The zero-order chi connectivity index (χ0) is 20.9. The van der Waals surface area contributed by atoms with Crippen LogP contribution in [0.1, 0.15) is 62.1 Å². The van der Waals surface area contributed by atoms with E-state index in [1.54, 1.807) is 6.92 Å². The third kappa shape index (κ3) is 2.98. The third-order valence-corrected chi connectivity index (χ3v) is 6.36. The first kappa shape index (κ1) is 19.4. The summed E-state index contributed by atoms with van der Waals surface area (Å²) in [7, 11) is 0. The molecule has 2 aliphatic rings. The second-order valence-corrected chi connectivity index (χ2v) is 8.23. The summed E-state index contributed by atoms with van der Waals surface area (Å²) < 4.78 is 11.8. The number of esters is 2. The first-order valence-electron chi connectivity index (χ1n) is 10.2. The Bertz CT molecular complexity index is 1060. The summed E-state index contributed by atoms with van der Waals surface area (Å²) in [5, 5.41) is 1.66. The molecule has 0 aliphatic heterocycles. The lowest BCUT2D eigenvalue weighted by molar-refractivity contribution is -0.130. The molecule has 2 bridgehead atoms. The smallest absolute Gasteiger partial charge is 0.338 e.